The van der Waals surface area contributed by atoms with Crippen LogP contribution < -0.4 is 5.32 Å². The number of nitrogens with one attached hydrogen (secondary N) is 1. The fourth-order valence-corrected chi connectivity index (χ4v) is 2.02. The maximum atomic E-state index is 11.8. The normalized spacial score (nSPS) is 19.5. The molecule has 1 saturated heterocycles. The molecule has 2 N–H and O–H groups in total. The molecule has 1 aliphatic heterocycles. The largest absolute Gasteiger partial charge is 0.481 e. The number of carbonyl (C=O) groups is 2. The van der Waals surface area contributed by atoms with Crippen LogP contribution in [-0.2, 0) is 9.53 Å². The van der Waals surface area contributed by atoms with Crippen molar-refractivity contribution in [2.24, 2.45) is 11.8 Å². The van der Waals surface area contributed by atoms with E-state index in [1.54, 1.807) is 4.90 Å². The monoisotopic (exact) mass is 272 g/mol. The molecule has 1 atom stereocenters. The molecule has 0 aromatic heterocycles. The molecule has 0 bridgehead atoms. The van der Waals surface area contributed by atoms with Crippen LogP contribution >= 0.6 is 0 Å². The molecule has 1 fully saturated rings. The molecular weight excluding hydrogens is 248 g/mol. The van der Waals surface area contributed by atoms with Gasteiger partial charge in [0.05, 0.1) is 12.5 Å². The molecule has 1 rings (SSSR count). The molecule has 6 heteroatoms. The number of piperidine rings is 1. The fourth-order valence-electron chi connectivity index (χ4n) is 2.02. The summed E-state index contributed by atoms with van der Waals surface area (Å²) in [7, 11) is 0. The second-order valence-electron chi connectivity index (χ2n) is 5.32. The first kappa shape index (κ1) is 15.8. The van der Waals surface area contributed by atoms with Gasteiger partial charge in [-0.1, -0.05) is 13.8 Å². The molecule has 0 unspecified atom stereocenters. The molecule has 2 amide bonds. The van der Waals surface area contributed by atoms with Crippen molar-refractivity contribution in [2.75, 3.05) is 32.8 Å². The third kappa shape index (κ3) is 5.92. The van der Waals surface area contributed by atoms with Gasteiger partial charge in [-0.05, 0) is 18.8 Å². The number of hydrogen-bond acceptors (Lipinski definition) is 3. The Balaban J connectivity index is 2.20. The van der Waals surface area contributed by atoms with E-state index < -0.39 is 11.9 Å². The SMILES string of the molecule is CC(C)COCCNC(=O)N1CCC[C@@H](C(=O)O)C1. The number of aliphatic carboxylic acids is 1. The van der Waals surface area contributed by atoms with E-state index in [2.05, 4.69) is 19.2 Å². The van der Waals surface area contributed by atoms with Crippen LogP contribution in [0, 0.1) is 11.8 Å². The van der Waals surface area contributed by atoms with Crippen LogP contribution in [0.2, 0.25) is 0 Å². The molecular formula is C13H24N2O4. The van der Waals surface area contributed by atoms with E-state index in [-0.39, 0.29) is 6.03 Å². The van der Waals surface area contributed by atoms with Crippen molar-refractivity contribution in [1.29, 1.82) is 0 Å². The van der Waals surface area contributed by atoms with Gasteiger partial charge in [-0.25, -0.2) is 4.79 Å². The lowest BCUT2D eigenvalue weighted by Gasteiger charge is -2.30. The third-order valence-electron chi connectivity index (χ3n) is 3.03. The van der Waals surface area contributed by atoms with Crippen molar-refractivity contribution in [2.45, 2.75) is 26.7 Å². The average Bonchev–Trinajstić information content (AvgIpc) is 2.37. The number of carboxylic acid groups (broad SMARTS) is 1. The zero-order valence-electron chi connectivity index (χ0n) is 11.7. The Morgan fingerprint density at radius 3 is 2.84 bits per heavy atom. The highest BCUT2D eigenvalue weighted by atomic mass is 16.5. The molecule has 0 radical (unpaired) electrons. The number of ether oxygens (including phenoxy) is 1. The van der Waals surface area contributed by atoms with Gasteiger partial charge in [-0.3, -0.25) is 4.79 Å². The summed E-state index contributed by atoms with van der Waals surface area (Å²) in [6, 6.07) is -0.195. The first-order chi connectivity index (χ1) is 9.00. The van der Waals surface area contributed by atoms with Gasteiger partial charge in [-0.15, -0.1) is 0 Å². The molecule has 0 aliphatic carbocycles. The molecule has 1 heterocycles. The second-order valence-corrected chi connectivity index (χ2v) is 5.32. The van der Waals surface area contributed by atoms with Crippen LogP contribution in [0.25, 0.3) is 0 Å². The molecule has 19 heavy (non-hydrogen) atoms. The van der Waals surface area contributed by atoms with Crippen LogP contribution in [0.4, 0.5) is 4.79 Å². The lowest BCUT2D eigenvalue weighted by molar-refractivity contribution is -0.143. The Morgan fingerprint density at radius 1 is 1.47 bits per heavy atom. The summed E-state index contributed by atoms with van der Waals surface area (Å²) < 4.78 is 5.36. The number of urea groups is 1. The lowest BCUT2D eigenvalue weighted by Crippen LogP contribution is -2.47. The van der Waals surface area contributed by atoms with Gasteiger partial charge in [0.25, 0.3) is 0 Å². The van der Waals surface area contributed by atoms with Crippen LogP contribution in [-0.4, -0.2) is 54.9 Å². The van der Waals surface area contributed by atoms with Gasteiger partial charge in [0.2, 0.25) is 0 Å². The van der Waals surface area contributed by atoms with Crippen molar-refractivity contribution >= 4 is 12.0 Å². The first-order valence-electron chi connectivity index (χ1n) is 6.84. The van der Waals surface area contributed by atoms with Gasteiger partial charge >= 0.3 is 12.0 Å². The Hall–Kier alpha value is -1.30. The minimum absolute atomic E-state index is 0.195. The summed E-state index contributed by atoms with van der Waals surface area (Å²) in [5, 5.41) is 11.7. The van der Waals surface area contributed by atoms with Crippen molar-refractivity contribution in [1.82, 2.24) is 10.2 Å². The van der Waals surface area contributed by atoms with Gasteiger partial charge < -0.3 is 20.1 Å². The van der Waals surface area contributed by atoms with Crippen molar-refractivity contribution in [3.8, 4) is 0 Å². The summed E-state index contributed by atoms with van der Waals surface area (Å²) in [5.41, 5.74) is 0. The maximum Gasteiger partial charge on any atom is 0.317 e. The Labute approximate surface area is 114 Å². The molecule has 6 nitrogen and oxygen atoms in total. The zero-order chi connectivity index (χ0) is 14.3. The van der Waals surface area contributed by atoms with E-state index in [4.69, 9.17) is 9.84 Å². The van der Waals surface area contributed by atoms with Crippen molar-refractivity contribution in [3.05, 3.63) is 0 Å². The quantitative estimate of drug-likeness (QED) is 0.711. The number of carbonyl (C=O) groups excluding carboxylic acids is 1. The molecule has 1 aliphatic rings. The number of likely N-dealkylation sites (tertiary alicyclic amines) is 1. The number of amides is 2. The minimum Gasteiger partial charge on any atom is -0.481 e. The molecule has 0 aromatic rings. The van der Waals surface area contributed by atoms with E-state index in [0.717, 1.165) is 6.42 Å². The Bertz CT molecular complexity index is 307. The van der Waals surface area contributed by atoms with E-state index >= 15 is 0 Å². The lowest BCUT2D eigenvalue weighted by atomic mass is 9.99. The predicted molar refractivity (Wildman–Crippen MR) is 71.0 cm³/mol. The van der Waals surface area contributed by atoms with Gasteiger partial charge in [0.15, 0.2) is 0 Å². The van der Waals surface area contributed by atoms with E-state index in [9.17, 15) is 9.59 Å². The minimum atomic E-state index is -0.822. The highest BCUT2D eigenvalue weighted by Crippen LogP contribution is 2.16. The van der Waals surface area contributed by atoms with Crippen molar-refractivity contribution < 1.29 is 19.4 Å². The van der Waals surface area contributed by atoms with Crippen LogP contribution in [0.15, 0.2) is 0 Å². The molecule has 0 aromatic carbocycles. The second kappa shape index (κ2) is 7.99. The number of rotatable bonds is 6. The zero-order valence-corrected chi connectivity index (χ0v) is 11.7. The average molecular weight is 272 g/mol. The van der Waals surface area contributed by atoms with Crippen LogP contribution in [0.3, 0.4) is 0 Å². The van der Waals surface area contributed by atoms with Crippen molar-refractivity contribution in [3.63, 3.8) is 0 Å². The van der Waals surface area contributed by atoms with E-state index in [1.165, 1.54) is 0 Å². The third-order valence-corrected chi connectivity index (χ3v) is 3.03. The first-order valence-corrected chi connectivity index (χ1v) is 6.84. The van der Waals surface area contributed by atoms with E-state index in [0.29, 0.717) is 45.2 Å². The summed E-state index contributed by atoms with van der Waals surface area (Å²) >= 11 is 0. The van der Waals surface area contributed by atoms with Gasteiger partial charge in [0, 0.05) is 26.2 Å². The fraction of sp³-hybridized carbons (Fsp3) is 0.846. The molecule has 0 spiro atoms. The van der Waals surface area contributed by atoms with E-state index in [1.807, 2.05) is 0 Å². The molecule has 0 saturated carbocycles. The molecule has 110 valence electrons. The summed E-state index contributed by atoms with van der Waals surface area (Å²) in [5.74, 6) is -0.774. The van der Waals surface area contributed by atoms with Gasteiger partial charge in [0.1, 0.15) is 0 Å². The van der Waals surface area contributed by atoms with Crippen LogP contribution in [0.5, 0.6) is 0 Å². The Morgan fingerprint density at radius 2 is 2.21 bits per heavy atom. The highest BCUT2D eigenvalue weighted by molar-refractivity contribution is 5.76. The number of hydrogen-bond donors (Lipinski definition) is 2. The van der Waals surface area contributed by atoms with Crippen LogP contribution in [0.1, 0.15) is 26.7 Å². The summed E-state index contributed by atoms with van der Waals surface area (Å²) in [6.45, 7) is 6.69. The predicted octanol–water partition coefficient (Wildman–Crippen LogP) is 1.17. The topological polar surface area (TPSA) is 78.9 Å². The summed E-state index contributed by atoms with van der Waals surface area (Å²) in [6.07, 6.45) is 1.39. The standard InChI is InChI=1S/C13H24N2O4/c1-10(2)9-19-7-5-14-13(18)15-6-3-4-11(8-15)12(16)17/h10-11H,3-9H2,1-2H3,(H,14,18)(H,16,17)/t11-/m1/s1. The smallest absolute Gasteiger partial charge is 0.317 e. The number of nitrogens with zero attached hydrogens (tertiary/aromatic N) is 1. The summed E-state index contributed by atoms with van der Waals surface area (Å²) in [4.78, 5) is 24.3. The Kier molecular flexibility index (Phi) is 6.62. The van der Waals surface area contributed by atoms with Gasteiger partial charge in [-0.2, -0.15) is 0 Å². The highest BCUT2D eigenvalue weighted by Gasteiger charge is 2.27. The maximum absolute atomic E-state index is 11.8. The number of carboxylic acids is 1.